The van der Waals surface area contributed by atoms with Crippen molar-refractivity contribution in [2.24, 2.45) is 5.92 Å². The van der Waals surface area contributed by atoms with Gasteiger partial charge in [0, 0.05) is 5.56 Å². The van der Waals surface area contributed by atoms with Crippen LogP contribution in [0.2, 0.25) is 0 Å². The van der Waals surface area contributed by atoms with Gasteiger partial charge in [-0.05, 0) is 22.8 Å². The summed E-state index contributed by atoms with van der Waals surface area (Å²) in [6.45, 7) is 4.91. The molecule has 0 spiro atoms. The molecule has 0 atom stereocenters. The van der Waals surface area contributed by atoms with Gasteiger partial charge in [0.25, 0.3) is 0 Å². The van der Waals surface area contributed by atoms with Gasteiger partial charge in [0.15, 0.2) is 0 Å². The SMILES string of the molecule is CC(C)COc1ccc2ccccc2c1CC#N. The molecule has 0 aromatic heterocycles. The van der Waals surface area contributed by atoms with E-state index >= 15 is 0 Å². The molecule has 0 bridgehead atoms. The average Bonchev–Trinajstić information content (AvgIpc) is 2.38. The first kappa shape index (κ1) is 12.4. The quantitative estimate of drug-likeness (QED) is 0.809. The Labute approximate surface area is 108 Å². The summed E-state index contributed by atoms with van der Waals surface area (Å²) in [6.07, 6.45) is 0.384. The van der Waals surface area contributed by atoms with Crippen molar-refractivity contribution in [3.05, 3.63) is 42.0 Å². The highest BCUT2D eigenvalue weighted by molar-refractivity contribution is 5.88. The Bertz CT molecular complexity index is 581. The van der Waals surface area contributed by atoms with Crippen molar-refractivity contribution in [2.45, 2.75) is 20.3 Å². The smallest absolute Gasteiger partial charge is 0.124 e. The number of ether oxygens (including phenoxy) is 1. The molecule has 0 N–H and O–H groups in total. The van der Waals surface area contributed by atoms with Gasteiger partial charge in [-0.3, -0.25) is 0 Å². The largest absolute Gasteiger partial charge is 0.493 e. The number of hydrogen-bond acceptors (Lipinski definition) is 2. The fourth-order valence-electron chi connectivity index (χ4n) is 1.97. The molecule has 0 aliphatic heterocycles. The van der Waals surface area contributed by atoms with Gasteiger partial charge in [0.05, 0.1) is 19.1 Å². The van der Waals surface area contributed by atoms with E-state index in [-0.39, 0.29) is 0 Å². The van der Waals surface area contributed by atoms with Crippen LogP contribution in [0.25, 0.3) is 10.8 Å². The summed E-state index contributed by atoms with van der Waals surface area (Å²) < 4.78 is 5.81. The van der Waals surface area contributed by atoms with Crippen LogP contribution in [0.4, 0.5) is 0 Å². The molecule has 0 amide bonds. The maximum Gasteiger partial charge on any atom is 0.124 e. The third-order valence-electron chi connectivity index (χ3n) is 2.83. The Kier molecular flexibility index (Phi) is 3.84. The molecule has 0 fully saturated rings. The van der Waals surface area contributed by atoms with Crippen LogP contribution in [-0.4, -0.2) is 6.61 Å². The van der Waals surface area contributed by atoms with Crippen LogP contribution < -0.4 is 4.74 Å². The summed E-state index contributed by atoms with van der Waals surface area (Å²) in [7, 11) is 0. The topological polar surface area (TPSA) is 33.0 Å². The van der Waals surface area contributed by atoms with Gasteiger partial charge in [-0.25, -0.2) is 0 Å². The van der Waals surface area contributed by atoms with E-state index in [9.17, 15) is 0 Å². The maximum atomic E-state index is 8.98. The van der Waals surface area contributed by atoms with Gasteiger partial charge >= 0.3 is 0 Å². The van der Waals surface area contributed by atoms with E-state index in [1.165, 1.54) is 0 Å². The number of nitrogens with zero attached hydrogens (tertiary/aromatic N) is 1. The van der Waals surface area contributed by atoms with Gasteiger partial charge in [-0.1, -0.05) is 44.2 Å². The Balaban J connectivity index is 2.46. The van der Waals surface area contributed by atoms with Crippen molar-refractivity contribution in [3.8, 4) is 11.8 Å². The summed E-state index contributed by atoms with van der Waals surface area (Å²) in [5.41, 5.74) is 0.997. The molecule has 0 saturated carbocycles. The standard InChI is InChI=1S/C16H17NO/c1-12(2)11-18-16-8-7-13-5-3-4-6-14(13)15(16)9-10-17/h3-8,12H,9,11H2,1-2H3. The molecule has 0 aliphatic carbocycles. The van der Waals surface area contributed by atoms with Crippen molar-refractivity contribution in [1.82, 2.24) is 0 Å². The van der Waals surface area contributed by atoms with Crippen molar-refractivity contribution in [3.63, 3.8) is 0 Å². The molecule has 0 aliphatic rings. The molecule has 92 valence electrons. The summed E-state index contributed by atoms with van der Waals surface area (Å²) in [4.78, 5) is 0. The highest BCUT2D eigenvalue weighted by Crippen LogP contribution is 2.28. The first-order valence-electron chi connectivity index (χ1n) is 6.22. The minimum atomic E-state index is 0.384. The Morgan fingerprint density at radius 1 is 1.17 bits per heavy atom. The molecule has 0 radical (unpaired) electrons. The lowest BCUT2D eigenvalue weighted by molar-refractivity contribution is 0.269. The fraction of sp³-hybridized carbons (Fsp3) is 0.312. The fourth-order valence-corrected chi connectivity index (χ4v) is 1.97. The van der Waals surface area contributed by atoms with E-state index in [1.54, 1.807) is 0 Å². The molecule has 0 unspecified atom stereocenters. The minimum Gasteiger partial charge on any atom is -0.493 e. The molecule has 2 nitrogen and oxygen atoms in total. The van der Waals surface area contributed by atoms with Gasteiger partial charge in [0.1, 0.15) is 5.75 Å². The Morgan fingerprint density at radius 2 is 1.94 bits per heavy atom. The third-order valence-corrected chi connectivity index (χ3v) is 2.83. The molecule has 18 heavy (non-hydrogen) atoms. The van der Waals surface area contributed by atoms with E-state index in [2.05, 4.69) is 26.0 Å². The first-order chi connectivity index (χ1) is 8.72. The van der Waals surface area contributed by atoms with Crippen LogP contribution in [0, 0.1) is 17.2 Å². The molecule has 2 aromatic carbocycles. The molecule has 0 saturated heterocycles. The van der Waals surface area contributed by atoms with E-state index in [0.29, 0.717) is 18.9 Å². The van der Waals surface area contributed by atoms with Gasteiger partial charge in [0.2, 0.25) is 0 Å². The molecule has 2 aromatic rings. The first-order valence-corrected chi connectivity index (χ1v) is 6.22. The zero-order valence-corrected chi connectivity index (χ0v) is 10.8. The van der Waals surface area contributed by atoms with Crippen molar-refractivity contribution >= 4 is 10.8 Å². The van der Waals surface area contributed by atoms with E-state index < -0.39 is 0 Å². The zero-order valence-electron chi connectivity index (χ0n) is 10.8. The molecular weight excluding hydrogens is 222 g/mol. The second kappa shape index (κ2) is 5.55. The van der Waals surface area contributed by atoms with Gasteiger partial charge in [-0.2, -0.15) is 5.26 Å². The molecular formula is C16H17NO. The summed E-state index contributed by atoms with van der Waals surface area (Å²) in [5, 5.41) is 11.2. The number of hydrogen-bond donors (Lipinski definition) is 0. The highest BCUT2D eigenvalue weighted by atomic mass is 16.5. The van der Waals surface area contributed by atoms with E-state index in [0.717, 1.165) is 22.1 Å². The van der Waals surface area contributed by atoms with Crippen LogP contribution in [0.5, 0.6) is 5.75 Å². The van der Waals surface area contributed by atoms with E-state index in [4.69, 9.17) is 10.00 Å². The maximum absolute atomic E-state index is 8.98. The highest BCUT2D eigenvalue weighted by Gasteiger charge is 2.09. The van der Waals surface area contributed by atoms with E-state index in [1.807, 2.05) is 30.3 Å². The van der Waals surface area contributed by atoms with Crippen LogP contribution in [-0.2, 0) is 6.42 Å². The number of fused-ring (bicyclic) bond motifs is 1. The molecule has 0 heterocycles. The normalized spacial score (nSPS) is 10.6. The van der Waals surface area contributed by atoms with Crippen LogP contribution in [0.3, 0.4) is 0 Å². The monoisotopic (exact) mass is 239 g/mol. The number of rotatable bonds is 4. The third kappa shape index (κ3) is 2.62. The van der Waals surface area contributed by atoms with Gasteiger partial charge < -0.3 is 4.74 Å². The summed E-state index contributed by atoms with van der Waals surface area (Å²) in [6, 6.07) is 14.3. The lowest BCUT2D eigenvalue weighted by Crippen LogP contribution is -2.06. The van der Waals surface area contributed by atoms with Crippen LogP contribution >= 0.6 is 0 Å². The second-order valence-electron chi connectivity index (χ2n) is 4.80. The Morgan fingerprint density at radius 3 is 2.67 bits per heavy atom. The van der Waals surface area contributed by atoms with Crippen molar-refractivity contribution in [2.75, 3.05) is 6.61 Å². The van der Waals surface area contributed by atoms with Gasteiger partial charge in [-0.15, -0.1) is 0 Å². The lowest BCUT2D eigenvalue weighted by atomic mass is 10.0. The molecule has 2 heteroatoms. The van der Waals surface area contributed by atoms with Crippen LogP contribution in [0.15, 0.2) is 36.4 Å². The van der Waals surface area contributed by atoms with Crippen molar-refractivity contribution in [1.29, 1.82) is 5.26 Å². The predicted molar refractivity (Wildman–Crippen MR) is 73.6 cm³/mol. The zero-order chi connectivity index (χ0) is 13.0. The minimum absolute atomic E-state index is 0.384. The predicted octanol–water partition coefficient (Wildman–Crippen LogP) is 3.94. The molecule has 2 rings (SSSR count). The number of benzene rings is 2. The van der Waals surface area contributed by atoms with Crippen LogP contribution in [0.1, 0.15) is 19.4 Å². The Hall–Kier alpha value is -2.01. The lowest BCUT2D eigenvalue weighted by Gasteiger charge is -2.13. The second-order valence-corrected chi connectivity index (χ2v) is 4.80. The number of nitriles is 1. The van der Waals surface area contributed by atoms with Crippen molar-refractivity contribution < 1.29 is 4.74 Å². The summed E-state index contributed by atoms with van der Waals surface area (Å²) >= 11 is 0. The summed E-state index contributed by atoms with van der Waals surface area (Å²) in [5.74, 6) is 1.32. The average molecular weight is 239 g/mol.